The van der Waals surface area contributed by atoms with Crippen molar-refractivity contribution in [2.75, 3.05) is 0 Å². The van der Waals surface area contributed by atoms with Gasteiger partial charge in [0.1, 0.15) is 0 Å². The van der Waals surface area contributed by atoms with Gasteiger partial charge in [0.05, 0.1) is 4.92 Å². The molecule has 0 atom stereocenters. The van der Waals surface area contributed by atoms with Crippen molar-refractivity contribution in [3.8, 4) is 0 Å². The van der Waals surface area contributed by atoms with Crippen molar-refractivity contribution in [3.63, 3.8) is 0 Å². The van der Waals surface area contributed by atoms with Crippen LogP contribution in [0.1, 0.15) is 84.0 Å². The Morgan fingerprint density at radius 1 is 0.885 bits per heavy atom. The smallest absolute Gasteiger partial charge is 0.242 e. The second-order valence-electron chi connectivity index (χ2n) is 6.27. The molecule has 4 heteroatoms. The number of nitro groups is 1. The van der Waals surface area contributed by atoms with E-state index in [0.717, 1.165) is 57.8 Å². The van der Waals surface area contributed by atoms with Gasteiger partial charge in [0.25, 0.3) is 0 Å². The molecule has 0 aliphatic carbocycles. The molecule has 0 N–H and O–H groups in total. The van der Waals surface area contributed by atoms with Crippen LogP contribution in [0, 0.1) is 10.1 Å². The largest absolute Gasteiger partial charge is 0.291 e. The predicted octanol–water partition coefficient (Wildman–Crippen LogP) is 6.63. The molecule has 0 unspecified atom stereocenters. The topological polar surface area (TPSA) is 60.2 Å². The fourth-order valence-corrected chi connectivity index (χ4v) is 2.42. The highest BCUT2D eigenvalue weighted by Crippen LogP contribution is 2.10. The Kier molecular flexibility index (Phi) is 17.9. The van der Waals surface area contributed by atoms with Gasteiger partial charge in [0, 0.05) is 12.8 Å². The van der Waals surface area contributed by atoms with E-state index in [-0.39, 0.29) is 4.92 Å². The first-order valence-corrected chi connectivity index (χ1v) is 9.85. The van der Waals surface area contributed by atoms with Gasteiger partial charge in [-0.15, -0.1) is 0 Å². The van der Waals surface area contributed by atoms with Crippen molar-refractivity contribution >= 4 is 6.29 Å². The zero-order chi connectivity index (χ0) is 19.3. The summed E-state index contributed by atoms with van der Waals surface area (Å²) in [4.78, 5) is 20.7. The Balaban J connectivity index is 3.77. The molecule has 1 radical (unpaired) electrons. The maximum Gasteiger partial charge on any atom is 0.242 e. The fraction of sp³-hybridized carbons (Fsp3) is 0.591. The number of rotatable bonds is 17. The highest BCUT2D eigenvalue weighted by atomic mass is 16.6. The minimum Gasteiger partial charge on any atom is -0.291 e. The highest BCUT2D eigenvalue weighted by molar-refractivity contribution is 5.50. The first-order chi connectivity index (χ1) is 12.7. The summed E-state index contributed by atoms with van der Waals surface area (Å²) < 4.78 is 0. The van der Waals surface area contributed by atoms with E-state index in [2.05, 4.69) is 31.2 Å². The summed E-state index contributed by atoms with van der Waals surface area (Å²) in [5, 5.41) is 11.0. The summed E-state index contributed by atoms with van der Waals surface area (Å²) in [6, 6.07) is 0. The molecule has 26 heavy (non-hydrogen) atoms. The Morgan fingerprint density at radius 2 is 1.54 bits per heavy atom. The molecule has 0 amide bonds. The van der Waals surface area contributed by atoms with Crippen molar-refractivity contribution in [3.05, 3.63) is 58.3 Å². The minimum atomic E-state index is -0.253. The lowest BCUT2D eigenvalue weighted by atomic mass is 10.1. The molecule has 0 aliphatic rings. The second kappa shape index (κ2) is 19.4. The quantitative estimate of drug-likeness (QED) is 0.127. The molecule has 145 valence electrons. The third-order valence-electron chi connectivity index (χ3n) is 3.95. The average Bonchev–Trinajstić information content (AvgIpc) is 2.63. The zero-order valence-electron chi connectivity index (χ0n) is 16.2. The number of unbranched alkanes of at least 4 members (excludes halogenated alkanes) is 6. The standard InChI is InChI=1S/C22H34NO3/c1-2-3-16-19-22(23(25)26)20-17-14-12-10-8-6-4-5-7-9-11-13-15-18-21-24/h5-8,12,14,20H,2-4,9-11,13,15-19H2,1H3/b7-5-,8-6-,14-12-,22-20+. The third-order valence-corrected chi connectivity index (χ3v) is 3.95. The van der Waals surface area contributed by atoms with Gasteiger partial charge in [-0.25, -0.2) is 0 Å². The van der Waals surface area contributed by atoms with Crippen molar-refractivity contribution in [1.29, 1.82) is 0 Å². The minimum absolute atomic E-state index is 0.253. The first kappa shape index (κ1) is 24.0. The van der Waals surface area contributed by atoms with E-state index in [1.807, 2.05) is 18.4 Å². The van der Waals surface area contributed by atoms with Crippen LogP contribution >= 0.6 is 0 Å². The Hall–Kier alpha value is -1.97. The third kappa shape index (κ3) is 16.9. The lowest BCUT2D eigenvalue weighted by molar-refractivity contribution is -0.428. The Morgan fingerprint density at radius 3 is 2.15 bits per heavy atom. The summed E-state index contributed by atoms with van der Waals surface area (Å²) in [6.07, 6.45) is 27.0. The van der Waals surface area contributed by atoms with E-state index in [1.165, 1.54) is 0 Å². The number of carbonyl (C=O) groups excluding carboxylic acids is 1. The van der Waals surface area contributed by atoms with Gasteiger partial charge in [-0.3, -0.25) is 14.9 Å². The molecule has 4 nitrogen and oxygen atoms in total. The Bertz CT molecular complexity index is 476. The summed E-state index contributed by atoms with van der Waals surface area (Å²) >= 11 is 0. The van der Waals surface area contributed by atoms with Crippen molar-refractivity contribution < 1.29 is 9.72 Å². The monoisotopic (exact) mass is 360 g/mol. The van der Waals surface area contributed by atoms with Crippen LogP contribution in [0.3, 0.4) is 0 Å². The summed E-state index contributed by atoms with van der Waals surface area (Å²) in [6.45, 7) is 2.10. The maximum atomic E-state index is 11.0. The molecule has 0 spiro atoms. The van der Waals surface area contributed by atoms with E-state index in [4.69, 9.17) is 0 Å². The number of hydrogen-bond acceptors (Lipinski definition) is 3. The molecule has 0 fully saturated rings. The van der Waals surface area contributed by atoms with E-state index >= 15 is 0 Å². The molecule has 0 aromatic rings. The Labute approximate surface area is 158 Å². The summed E-state index contributed by atoms with van der Waals surface area (Å²) in [5.41, 5.74) is 0.341. The van der Waals surface area contributed by atoms with Gasteiger partial charge in [0.2, 0.25) is 5.70 Å². The van der Waals surface area contributed by atoms with Gasteiger partial charge < -0.3 is 0 Å². The number of hydrogen-bond donors (Lipinski definition) is 0. The summed E-state index contributed by atoms with van der Waals surface area (Å²) in [5.74, 6) is 0. The predicted molar refractivity (Wildman–Crippen MR) is 109 cm³/mol. The second-order valence-corrected chi connectivity index (χ2v) is 6.27. The molecule has 0 aliphatic heterocycles. The van der Waals surface area contributed by atoms with Crippen molar-refractivity contribution in [2.24, 2.45) is 0 Å². The normalized spacial score (nSPS) is 12.6. The lowest BCUT2D eigenvalue weighted by Crippen LogP contribution is -1.98. The van der Waals surface area contributed by atoms with Gasteiger partial charge in [-0.2, -0.15) is 0 Å². The van der Waals surface area contributed by atoms with Crippen molar-refractivity contribution in [2.45, 2.75) is 84.0 Å². The van der Waals surface area contributed by atoms with Crippen LogP contribution in [0.15, 0.2) is 48.2 Å². The first-order valence-electron chi connectivity index (χ1n) is 9.85. The molecule has 0 aromatic heterocycles. The molecular formula is C22H34NO3. The van der Waals surface area contributed by atoms with Gasteiger partial charge in [-0.05, 0) is 51.0 Å². The van der Waals surface area contributed by atoms with Crippen LogP contribution in [0.25, 0.3) is 0 Å². The van der Waals surface area contributed by atoms with E-state index in [1.54, 1.807) is 6.08 Å². The van der Waals surface area contributed by atoms with E-state index in [0.29, 0.717) is 25.0 Å². The molecule has 0 bridgehead atoms. The summed E-state index contributed by atoms with van der Waals surface area (Å²) in [7, 11) is 0. The average molecular weight is 361 g/mol. The van der Waals surface area contributed by atoms with Crippen LogP contribution < -0.4 is 0 Å². The molecule has 0 saturated carbocycles. The number of allylic oxidation sites excluding steroid dienone is 8. The molecule has 0 aromatic carbocycles. The maximum absolute atomic E-state index is 11.0. The van der Waals surface area contributed by atoms with Crippen LogP contribution in [0.2, 0.25) is 0 Å². The van der Waals surface area contributed by atoms with Crippen LogP contribution in [0.4, 0.5) is 0 Å². The molecule has 0 saturated heterocycles. The van der Waals surface area contributed by atoms with Gasteiger partial charge in [-0.1, -0.05) is 62.6 Å². The highest BCUT2D eigenvalue weighted by Gasteiger charge is 2.08. The van der Waals surface area contributed by atoms with Crippen LogP contribution in [-0.2, 0) is 4.79 Å². The van der Waals surface area contributed by atoms with Crippen LogP contribution in [-0.4, -0.2) is 11.2 Å². The lowest BCUT2D eigenvalue weighted by Gasteiger charge is -1.97. The SMILES string of the molecule is CCCCC/C(=C\C/C=C\C/C=C\C/C=C\CCCCC[C]=O)[N+](=O)[O-]. The van der Waals surface area contributed by atoms with Crippen LogP contribution in [0.5, 0.6) is 0 Å². The zero-order valence-corrected chi connectivity index (χ0v) is 16.2. The molecule has 0 heterocycles. The van der Waals surface area contributed by atoms with Gasteiger partial charge in [0.15, 0.2) is 6.29 Å². The fourth-order valence-electron chi connectivity index (χ4n) is 2.42. The van der Waals surface area contributed by atoms with Crippen molar-refractivity contribution in [1.82, 2.24) is 0 Å². The molecule has 0 rings (SSSR count). The number of nitrogens with zero attached hydrogens (tertiary/aromatic N) is 1. The molecular weight excluding hydrogens is 326 g/mol. The van der Waals surface area contributed by atoms with E-state index < -0.39 is 0 Å². The van der Waals surface area contributed by atoms with E-state index in [9.17, 15) is 14.9 Å². The van der Waals surface area contributed by atoms with Gasteiger partial charge >= 0.3 is 0 Å².